The molecular weight excluding hydrogens is 256 g/mol. The van der Waals surface area contributed by atoms with Crippen molar-refractivity contribution in [2.45, 2.75) is 57.7 Å². The zero-order chi connectivity index (χ0) is 14.3. The number of rotatable bonds is 4. The zero-order valence-corrected chi connectivity index (χ0v) is 12.3. The molecule has 2 saturated heterocycles. The molecule has 5 heteroatoms. The average Bonchev–Trinajstić information content (AvgIpc) is 3.09. The molecule has 0 spiro atoms. The van der Waals surface area contributed by atoms with Crippen LogP contribution in [0.15, 0.2) is 0 Å². The van der Waals surface area contributed by atoms with Crippen LogP contribution in [0.2, 0.25) is 0 Å². The van der Waals surface area contributed by atoms with E-state index in [1.165, 1.54) is 0 Å². The molecule has 3 atom stereocenters. The van der Waals surface area contributed by atoms with Gasteiger partial charge in [-0.3, -0.25) is 9.59 Å². The standard InChI is InChI=1S/C15H24N2O3/c1-9(2)12-15(19)17(8-11-4-3-7-20-11)13(10-5-6-10)14(18)16-12/h9-13H,3-8H2,1-2H3,(H,16,18). The highest BCUT2D eigenvalue weighted by molar-refractivity contribution is 5.97. The highest BCUT2D eigenvalue weighted by atomic mass is 16.5. The summed E-state index contributed by atoms with van der Waals surface area (Å²) >= 11 is 0. The van der Waals surface area contributed by atoms with Crippen LogP contribution in [0.1, 0.15) is 39.5 Å². The second-order valence-corrected chi connectivity index (χ2v) is 6.64. The Labute approximate surface area is 120 Å². The molecule has 0 aromatic heterocycles. The highest BCUT2D eigenvalue weighted by Crippen LogP contribution is 2.37. The number of carbonyl (C=O) groups is 2. The summed E-state index contributed by atoms with van der Waals surface area (Å²) in [6.07, 6.45) is 4.27. The Morgan fingerprint density at radius 3 is 2.60 bits per heavy atom. The highest BCUT2D eigenvalue weighted by Gasteiger charge is 2.49. The molecule has 0 radical (unpaired) electrons. The normalized spacial score (nSPS) is 34.8. The van der Waals surface area contributed by atoms with Gasteiger partial charge >= 0.3 is 0 Å². The van der Waals surface area contributed by atoms with E-state index in [4.69, 9.17) is 4.74 Å². The van der Waals surface area contributed by atoms with Gasteiger partial charge in [0.1, 0.15) is 12.1 Å². The van der Waals surface area contributed by atoms with E-state index in [2.05, 4.69) is 5.32 Å². The minimum absolute atomic E-state index is 0.0313. The predicted molar refractivity (Wildman–Crippen MR) is 74.0 cm³/mol. The van der Waals surface area contributed by atoms with Crippen molar-refractivity contribution in [1.29, 1.82) is 0 Å². The fourth-order valence-corrected chi connectivity index (χ4v) is 3.30. The maximum absolute atomic E-state index is 12.7. The van der Waals surface area contributed by atoms with Crippen LogP contribution in [0.5, 0.6) is 0 Å². The predicted octanol–water partition coefficient (Wildman–Crippen LogP) is 0.927. The summed E-state index contributed by atoms with van der Waals surface area (Å²) in [6, 6.07) is -0.638. The molecule has 3 unspecified atom stereocenters. The van der Waals surface area contributed by atoms with Crippen LogP contribution in [0, 0.1) is 11.8 Å². The molecule has 1 aliphatic carbocycles. The Morgan fingerprint density at radius 1 is 1.30 bits per heavy atom. The summed E-state index contributed by atoms with van der Waals surface area (Å²) in [6.45, 7) is 5.31. The van der Waals surface area contributed by atoms with Crippen molar-refractivity contribution in [3.63, 3.8) is 0 Å². The molecule has 2 heterocycles. The Kier molecular flexibility index (Phi) is 3.71. The first-order valence-corrected chi connectivity index (χ1v) is 7.80. The number of piperazine rings is 1. The molecule has 1 saturated carbocycles. The quantitative estimate of drug-likeness (QED) is 0.833. The lowest BCUT2D eigenvalue weighted by Crippen LogP contribution is -2.66. The van der Waals surface area contributed by atoms with E-state index in [-0.39, 0.29) is 35.9 Å². The first kappa shape index (κ1) is 13.9. The molecule has 112 valence electrons. The summed E-state index contributed by atoms with van der Waals surface area (Å²) in [4.78, 5) is 26.9. The van der Waals surface area contributed by atoms with Gasteiger partial charge in [-0.25, -0.2) is 0 Å². The number of nitrogens with zero attached hydrogens (tertiary/aromatic N) is 1. The third-order valence-corrected chi connectivity index (χ3v) is 4.61. The third kappa shape index (κ3) is 2.55. The fraction of sp³-hybridized carbons (Fsp3) is 0.867. The molecule has 5 nitrogen and oxygen atoms in total. The molecule has 3 fully saturated rings. The largest absolute Gasteiger partial charge is 0.376 e. The Hall–Kier alpha value is -1.10. The van der Waals surface area contributed by atoms with Crippen molar-refractivity contribution < 1.29 is 14.3 Å². The van der Waals surface area contributed by atoms with Crippen LogP contribution in [-0.4, -0.2) is 48.1 Å². The van der Waals surface area contributed by atoms with E-state index in [0.29, 0.717) is 12.5 Å². The number of carbonyl (C=O) groups excluding carboxylic acids is 2. The molecule has 2 aliphatic heterocycles. The molecule has 0 aromatic carbocycles. The van der Waals surface area contributed by atoms with Crippen LogP contribution in [0.25, 0.3) is 0 Å². The Bertz CT molecular complexity index is 400. The van der Waals surface area contributed by atoms with Gasteiger partial charge in [0.05, 0.1) is 6.10 Å². The fourth-order valence-electron chi connectivity index (χ4n) is 3.30. The van der Waals surface area contributed by atoms with Crippen molar-refractivity contribution in [2.75, 3.05) is 13.2 Å². The Morgan fingerprint density at radius 2 is 2.05 bits per heavy atom. The van der Waals surface area contributed by atoms with E-state index in [1.54, 1.807) is 0 Å². The summed E-state index contributed by atoms with van der Waals surface area (Å²) in [7, 11) is 0. The van der Waals surface area contributed by atoms with E-state index < -0.39 is 0 Å². The number of amides is 2. The maximum Gasteiger partial charge on any atom is 0.246 e. The number of nitrogens with one attached hydrogen (secondary N) is 1. The van der Waals surface area contributed by atoms with Crippen molar-refractivity contribution in [3.05, 3.63) is 0 Å². The topological polar surface area (TPSA) is 58.6 Å². The van der Waals surface area contributed by atoms with E-state index in [9.17, 15) is 9.59 Å². The van der Waals surface area contributed by atoms with Crippen LogP contribution in [0.3, 0.4) is 0 Å². The maximum atomic E-state index is 12.7. The zero-order valence-electron chi connectivity index (χ0n) is 12.3. The van der Waals surface area contributed by atoms with Gasteiger partial charge in [-0.1, -0.05) is 13.8 Å². The van der Waals surface area contributed by atoms with E-state index in [0.717, 1.165) is 32.3 Å². The van der Waals surface area contributed by atoms with Gasteiger partial charge in [-0.2, -0.15) is 0 Å². The lowest BCUT2D eigenvalue weighted by molar-refractivity contribution is -0.153. The van der Waals surface area contributed by atoms with Crippen molar-refractivity contribution in [3.8, 4) is 0 Å². The summed E-state index contributed by atoms with van der Waals surface area (Å²) in [5.41, 5.74) is 0. The van der Waals surface area contributed by atoms with Gasteiger partial charge in [0.15, 0.2) is 0 Å². The SMILES string of the molecule is CC(C)C1NC(=O)C(C2CC2)N(CC2CCCO2)C1=O. The van der Waals surface area contributed by atoms with Crippen LogP contribution in [0.4, 0.5) is 0 Å². The summed E-state index contributed by atoms with van der Waals surface area (Å²) in [5, 5.41) is 2.92. The second kappa shape index (κ2) is 5.35. The number of hydrogen-bond acceptors (Lipinski definition) is 3. The molecule has 0 aromatic rings. The minimum Gasteiger partial charge on any atom is -0.376 e. The van der Waals surface area contributed by atoms with Gasteiger partial charge in [-0.15, -0.1) is 0 Å². The molecule has 3 aliphatic rings. The van der Waals surface area contributed by atoms with Crippen LogP contribution >= 0.6 is 0 Å². The molecule has 3 rings (SSSR count). The van der Waals surface area contributed by atoms with Crippen molar-refractivity contribution in [2.24, 2.45) is 11.8 Å². The molecule has 1 N–H and O–H groups in total. The Balaban J connectivity index is 1.78. The first-order valence-electron chi connectivity index (χ1n) is 7.80. The van der Waals surface area contributed by atoms with Gasteiger partial charge in [0, 0.05) is 13.2 Å². The first-order chi connectivity index (χ1) is 9.58. The van der Waals surface area contributed by atoms with Crippen molar-refractivity contribution in [1.82, 2.24) is 10.2 Å². The van der Waals surface area contributed by atoms with Gasteiger partial charge in [0.2, 0.25) is 11.8 Å². The van der Waals surface area contributed by atoms with Gasteiger partial charge < -0.3 is 15.0 Å². The lowest BCUT2D eigenvalue weighted by Gasteiger charge is -2.41. The lowest BCUT2D eigenvalue weighted by atomic mass is 9.95. The average molecular weight is 280 g/mol. The second-order valence-electron chi connectivity index (χ2n) is 6.64. The van der Waals surface area contributed by atoms with Gasteiger partial charge in [0.25, 0.3) is 0 Å². The molecule has 20 heavy (non-hydrogen) atoms. The molecular formula is C15H24N2O3. The minimum atomic E-state index is -0.376. The number of ether oxygens (including phenoxy) is 1. The smallest absolute Gasteiger partial charge is 0.246 e. The number of hydrogen-bond donors (Lipinski definition) is 1. The van der Waals surface area contributed by atoms with E-state index in [1.807, 2.05) is 18.7 Å². The van der Waals surface area contributed by atoms with Crippen molar-refractivity contribution >= 4 is 11.8 Å². The molecule has 0 bridgehead atoms. The third-order valence-electron chi connectivity index (χ3n) is 4.61. The van der Waals surface area contributed by atoms with E-state index >= 15 is 0 Å². The monoisotopic (exact) mass is 280 g/mol. The van der Waals surface area contributed by atoms with Crippen LogP contribution in [-0.2, 0) is 14.3 Å². The van der Waals surface area contributed by atoms with Crippen LogP contribution < -0.4 is 5.32 Å². The molecule has 2 amide bonds. The van der Waals surface area contributed by atoms with Gasteiger partial charge in [-0.05, 0) is 37.5 Å². The summed E-state index contributed by atoms with van der Waals surface area (Å²) in [5.74, 6) is 0.586. The summed E-state index contributed by atoms with van der Waals surface area (Å²) < 4.78 is 5.66.